The van der Waals surface area contributed by atoms with Crippen molar-refractivity contribution in [3.05, 3.63) is 41.1 Å². The average Bonchev–Trinajstić information content (AvgIpc) is 2.22. The Kier molecular flexibility index (Phi) is 3.77. The maximum Gasteiger partial charge on any atom is 0.157 e. The van der Waals surface area contributed by atoms with Gasteiger partial charge in [-0.05, 0) is 32.9 Å². The first-order valence-corrected chi connectivity index (χ1v) is 4.83. The van der Waals surface area contributed by atoms with Gasteiger partial charge in [-0.1, -0.05) is 6.07 Å². The molecule has 2 nitrogen and oxygen atoms in total. The summed E-state index contributed by atoms with van der Waals surface area (Å²) in [5, 5.41) is 2.57. The highest BCUT2D eigenvalue weighted by atomic mass is 19.1. The molecule has 86 valence electrons. The van der Waals surface area contributed by atoms with Crippen LogP contribution in [0.4, 0.5) is 14.5 Å². The number of ketones is 1. The summed E-state index contributed by atoms with van der Waals surface area (Å²) in [5.41, 5.74) is 0.653. The van der Waals surface area contributed by atoms with Crippen LogP contribution in [0.5, 0.6) is 0 Å². The van der Waals surface area contributed by atoms with Crippen molar-refractivity contribution in [1.82, 2.24) is 0 Å². The lowest BCUT2D eigenvalue weighted by molar-refractivity contribution is -0.113. The molecule has 0 amide bonds. The highest BCUT2D eigenvalue weighted by Crippen LogP contribution is 2.20. The summed E-state index contributed by atoms with van der Waals surface area (Å²) >= 11 is 0. The fourth-order valence-electron chi connectivity index (χ4n) is 1.16. The summed E-state index contributed by atoms with van der Waals surface area (Å²) < 4.78 is 26.5. The number of allylic oxidation sites excluding steroid dienone is 2. The largest absolute Gasteiger partial charge is 0.354 e. The van der Waals surface area contributed by atoms with Gasteiger partial charge in [-0.2, -0.15) is 0 Å². The van der Waals surface area contributed by atoms with Crippen LogP contribution in [0.3, 0.4) is 0 Å². The molecule has 1 aromatic carbocycles. The molecule has 1 N–H and O–H groups in total. The van der Waals surface area contributed by atoms with Crippen molar-refractivity contribution in [3.63, 3.8) is 0 Å². The molecule has 0 saturated carbocycles. The molecule has 0 aliphatic rings. The molecule has 0 radical (unpaired) electrons. The zero-order valence-electron chi connectivity index (χ0n) is 9.40. The Bertz CT molecular complexity index is 432. The van der Waals surface area contributed by atoms with E-state index in [0.717, 1.165) is 12.1 Å². The van der Waals surface area contributed by atoms with Gasteiger partial charge in [-0.15, -0.1) is 0 Å². The number of carbonyl (C=O) groups excluding carboxylic acids is 1. The quantitative estimate of drug-likeness (QED) is 0.800. The van der Waals surface area contributed by atoms with E-state index in [1.54, 1.807) is 13.8 Å². The van der Waals surface area contributed by atoms with E-state index < -0.39 is 11.6 Å². The van der Waals surface area contributed by atoms with Gasteiger partial charge in [0.2, 0.25) is 0 Å². The maximum absolute atomic E-state index is 13.3. The van der Waals surface area contributed by atoms with E-state index in [1.165, 1.54) is 13.0 Å². The van der Waals surface area contributed by atoms with E-state index in [-0.39, 0.29) is 11.5 Å². The standard InChI is InChI=1S/C12H13F2NO/c1-7(9(3)16)8(2)15-12-10(13)5-4-6-11(12)14/h4-6,15H,1-3H3. The molecule has 4 heteroatoms. The van der Waals surface area contributed by atoms with Crippen LogP contribution in [0, 0.1) is 11.6 Å². The van der Waals surface area contributed by atoms with E-state index in [0.29, 0.717) is 11.3 Å². The van der Waals surface area contributed by atoms with Gasteiger partial charge in [0.1, 0.15) is 17.3 Å². The van der Waals surface area contributed by atoms with Crippen molar-refractivity contribution >= 4 is 11.5 Å². The second-order valence-electron chi connectivity index (χ2n) is 3.53. The third kappa shape index (κ3) is 2.66. The maximum atomic E-state index is 13.3. The molecule has 0 aliphatic heterocycles. The van der Waals surface area contributed by atoms with E-state index in [9.17, 15) is 13.6 Å². The zero-order valence-corrected chi connectivity index (χ0v) is 9.40. The van der Waals surface area contributed by atoms with Crippen molar-refractivity contribution in [2.45, 2.75) is 20.8 Å². The molecule has 0 atom stereocenters. The number of hydrogen-bond acceptors (Lipinski definition) is 2. The van der Waals surface area contributed by atoms with Gasteiger partial charge < -0.3 is 5.32 Å². The smallest absolute Gasteiger partial charge is 0.157 e. The van der Waals surface area contributed by atoms with E-state index in [1.807, 2.05) is 0 Å². The van der Waals surface area contributed by atoms with Crippen molar-refractivity contribution < 1.29 is 13.6 Å². The number of halogens is 2. The lowest BCUT2D eigenvalue weighted by Gasteiger charge is -2.10. The van der Waals surface area contributed by atoms with E-state index in [2.05, 4.69) is 5.32 Å². The SMILES string of the molecule is CC(=O)C(C)=C(C)Nc1c(F)cccc1F. The van der Waals surface area contributed by atoms with Crippen molar-refractivity contribution in [2.24, 2.45) is 0 Å². The van der Waals surface area contributed by atoms with Crippen LogP contribution < -0.4 is 5.32 Å². The summed E-state index contributed by atoms with van der Waals surface area (Å²) in [6.45, 7) is 4.60. The van der Waals surface area contributed by atoms with Gasteiger partial charge in [0.05, 0.1) is 0 Å². The number of hydrogen-bond donors (Lipinski definition) is 1. The Balaban J connectivity index is 3.06. The topological polar surface area (TPSA) is 29.1 Å². The normalized spacial score (nSPS) is 12.1. The van der Waals surface area contributed by atoms with Crippen molar-refractivity contribution in [1.29, 1.82) is 0 Å². The van der Waals surface area contributed by atoms with Crippen molar-refractivity contribution in [3.8, 4) is 0 Å². The molecule has 1 aromatic rings. The number of anilines is 1. The minimum Gasteiger partial charge on any atom is -0.354 e. The molecule has 1 rings (SSSR count). The van der Waals surface area contributed by atoms with Gasteiger partial charge in [0.15, 0.2) is 5.78 Å². The number of carbonyl (C=O) groups is 1. The van der Waals surface area contributed by atoms with Gasteiger partial charge in [-0.3, -0.25) is 4.79 Å². The van der Waals surface area contributed by atoms with Gasteiger partial charge in [0.25, 0.3) is 0 Å². The molecule has 0 saturated heterocycles. The molecule has 0 fully saturated rings. The molecular weight excluding hydrogens is 212 g/mol. The predicted molar refractivity (Wildman–Crippen MR) is 59.0 cm³/mol. The third-order valence-electron chi connectivity index (χ3n) is 2.37. The van der Waals surface area contributed by atoms with Crippen LogP contribution in [0.2, 0.25) is 0 Å². The van der Waals surface area contributed by atoms with Crippen LogP contribution in [0.15, 0.2) is 29.5 Å². The molecule has 16 heavy (non-hydrogen) atoms. The summed E-state index contributed by atoms with van der Waals surface area (Å²) in [7, 11) is 0. The Morgan fingerprint density at radius 1 is 1.12 bits per heavy atom. The summed E-state index contributed by atoms with van der Waals surface area (Å²) in [5.74, 6) is -1.51. The predicted octanol–water partition coefficient (Wildman–Crippen LogP) is 3.26. The summed E-state index contributed by atoms with van der Waals surface area (Å²) in [4.78, 5) is 11.1. The molecule has 0 heterocycles. The molecule has 0 unspecified atom stereocenters. The molecule has 0 spiro atoms. The lowest BCUT2D eigenvalue weighted by atomic mass is 10.1. The number of Topliss-reactive ketones (excluding diaryl/α,β-unsaturated/α-hetero) is 1. The number of rotatable bonds is 3. The number of benzene rings is 1. The second kappa shape index (κ2) is 4.88. The van der Waals surface area contributed by atoms with E-state index in [4.69, 9.17) is 0 Å². The number of nitrogens with one attached hydrogen (secondary N) is 1. The average molecular weight is 225 g/mol. The fraction of sp³-hybridized carbons (Fsp3) is 0.250. The first kappa shape index (κ1) is 12.4. The van der Waals surface area contributed by atoms with Crippen LogP contribution in [-0.2, 0) is 4.79 Å². The van der Waals surface area contributed by atoms with Crippen LogP contribution >= 0.6 is 0 Å². The molecular formula is C12H13F2NO. The van der Waals surface area contributed by atoms with Crippen molar-refractivity contribution in [2.75, 3.05) is 5.32 Å². The van der Waals surface area contributed by atoms with Gasteiger partial charge in [0, 0.05) is 11.3 Å². The Morgan fingerprint density at radius 3 is 2.06 bits per heavy atom. The lowest BCUT2D eigenvalue weighted by Crippen LogP contribution is -2.06. The summed E-state index contributed by atoms with van der Waals surface area (Å²) in [6.07, 6.45) is 0. The highest BCUT2D eigenvalue weighted by Gasteiger charge is 2.10. The van der Waals surface area contributed by atoms with Gasteiger partial charge >= 0.3 is 0 Å². The minimum absolute atomic E-state index is 0.137. The summed E-state index contributed by atoms with van der Waals surface area (Å²) in [6, 6.07) is 3.59. The van der Waals surface area contributed by atoms with E-state index >= 15 is 0 Å². The first-order valence-electron chi connectivity index (χ1n) is 4.83. The van der Waals surface area contributed by atoms with Crippen LogP contribution in [-0.4, -0.2) is 5.78 Å². The minimum atomic E-state index is -0.685. The first-order chi connectivity index (χ1) is 7.43. The fourth-order valence-corrected chi connectivity index (χ4v) is 1.16. The van der Waals surface area contributed by atoms with Crippen LogP contribution in [0.25, 0.3) is 0 Å². The Labute approximate surface area is 93.0 Å². The second-order valence-corrected chi connectivity index (χ2v) is 3.53. The number of para-hydroxylation sites is 1. The molecule has 0 bridgehead atoms. The Hall–Kier alpha value is -1.71. The Morgan fingerprint density at radius 2 is 1.62 bits per heavy atom. The molecule has 0 aromatic heterocycles. The third-order valence-corrected chi connectivity index (χ3v) is 2.37. The monoisotopic (exact) mass is 225 g/mol. The van der Waals surface area contributed by atoms with Crippen LogP contribution in [0.1, 0.15) is 20.8 Å². The highest BCUT2D eigenvalue weighted by molar-refractivity contribution is 5.93. The molecule has 0 aliphatic carbocycles. The zero-order chi connectivity index (χ0) is 12.3. The van der Waals surface area contributed by atoms with Gasteiger partial charge in [-0.25, -0.2) is 8.78 Å².